The third-order valence-electron chi connectivity index (χ3n) is 1.83. The van der Waals surface area contributed by atoms with Crippen LogP contribution in [0.15, 0.2) is 17.0 Å². The van der Waals surface area contributed by atoms with Crippen molar-refractivity contribution in [3.05, 3.63) is 22.7 Å². The van der Waals surface area contributed by atoms with Crippen LogP contribution in [0.3, 0.4) is 0 Å². The molecule has 0 aromatic carbocycles. The SMILES string of the molecule is CCOC(=O)Cc1csc(Nc2nccs2)n1. The molecule has 0 fully saturated rings. The Hall–Kier alpha value is -1.47. The van der Waals surface area contributed by atoms with Gasteiger partial charge in [-0.25, -0.2) is 9.97 Å². The van der Waals surface area contributed by atoms with Gasteiger partial charge in [-0.2, -0.15) is 0 Å². The number of aromatic nitrogens is 2. The summed E-state index contributed by atoms with van der Waals surface area (Å²) in [6, 6.07) is 0. The summed E-state index contributed by atoms with van der Waals surface area (Å²) in [5.74, 6) is -0.251. The highest BCUT2D eigenvalue weighted by atomic mass is 32.1. The minimum Gasteiger partial charge on any atom is -0.466 e. The maximum absolute atomic E-state index is 11.3. The number of nitrogens with zero attached hydrogens (tertiary/aromatic N) is 2. The van der Waals surface area contributed by atoms with Crippen LogP contribution in [0.5, 0.6) is 0 Å². The van der Waals surface area contributed by atoms with Gasteiger partial charge in [0.2, 0.25) is 0 Å². The number of ether oxygens (including phenoxy) is 1. The fraction of sp³-hybridized carbons (Fsp3) is 0.300. The summed E-state index contributed by atoms with van der Waals surface area (Å²) in [6.45, 7) is 2.18. The normalized spacial score (nSPS) is 10.2. The Morgan fingerprint density at radius 1 is 1.47 bits per heavy atom. The Morgan fingerprint density at radius 3 is 3.06 bits per heavy atom. The molecule has 0 amide bonds. The molecule has 2 rings (SSSR count). The molecular formula is C10H11N3O2S2. The van der Waals surface area contributed by atoms with Gasteiger partial charge < -0.3 is 10.1 Å². The Kier molecular flexibility index (Phi) is 4.05. The number of carbonyl (C=O) groups is 1. The third-order valence-corrected chi connectivity index (χ3v) is 3.32. The number of carbonyl (C=O) groups excluding carboxylic acids is 1. The predicted molar refractivity (Wildman–Crippen MR) is 67.8 cm³/mol. The Morgan fingerprint density at radius 2 is 2.35 bits per heavy atom. The molecule has 7 heteroatoms. The van der Waals surface area contributed by atoms with Gasteiger partial charge in [0.1, 0.15) is 0 Å². The number of anilines is 2. The summed E-state index contributed by atoms with van der Waals surface area (Å²) in [5.41, 5.74) is 0.715. The standard InChI is InChI=1S/C10H11N3O2S2/c1-2-15-8(14)5-7-6-17-10(12-7)13-9-11-3-4-16-9/h3-4,6H,2,5H2,1H3,(H,11,12,13). The summed E-state index contributed by atoms with van der Waals surface area (Å²) >= 11 is 2.95. The van der Waals surface area contributed by atoms with Crippen molar-refractivity contribution in [2.75, 3.05) is 11.9 Å². The molecule has 0 bridgehead atoms. The van der Waals surface area contributed by atoms with E-state index in [2.05, 4.69) is 15.3 Å². The molecule has 0 aliphatic carbocycles. The number of hydrogen-bond donors (Lipinski definition) is 1. The van der Waals surface area contributed by atoms with E-state index in [0.717, 1.165) is 10.3 Å². The van der Waals surface area contributed by atoms with E-state index in [1.165, 1.54) is 22.7 Å². The van der Waals surface area contributed by atoms with Gasteiger partial charge in [0.05, 0.1) is 18.7 Å². The van der Waals surface area contributed by atoms with E-state index < -0.39 is 0 Å². The van der Waals surface area contributed by atoms with Crippen molar-refractivity contribution < 1.29 is 9.53 Å². The number of nitrogens with one attached hydrogen (secondary N) is 1. The lowest BCUT2D eigenvalue weighted by atomic mass is 10.3. The van der Waals surface area contributed by atoms with Crippen LogP contribution in [0.25, 0.3) is 0 Å². The Bertz CT molecular complexity index is 481. The fourth-order valence-corrected chi connectivity index (χ4v) is 2.48. The van der Waals surface area contributed by atoms with Gasteiger partial charge in [0, 0.05) is 17.0 Å². The molecule has 17 heavy (non-hydrogen) atoms. The lowest BCUT2D eigenvalue weighted by Gasteiger charge is -1.98. The summed E-state index contributed by atoms with van der Waals surface area (Å²) in [7, 11) is 0. The van der Waals surface area contributed by atoms with Gasteiger partial charge in [0.25, 0.3) is 0 Å². The van der Waals surface area contributed by atoms with E-state index in [0.29, 0.717) is 12.3 Å². The first-order valence-corrected chi connectivity index (χ1v) is 6.80. The van der Waals surface area contributed by atoms with Gasteiger partial charge in [0.15, 0.2) is 10.3 Å². The van der Waals surface area contributed by atoms with Crippen molar-refractivity contribution in [2.45, 2.75) is 13.3 Å². The van der Waals surface area contributed by atoms with Crippen LogP contribution in [-0.2, 0) is 16.0 Å². The van der Waals surface area contributed by atoms with Crippen molar-refractivity contribution in [3.63, 3.8) is 0 Å². The van der Waals surface area contributed by atoms with E-state index in [-0.39, 0.29) is 12.4 Å². The lowest BCUT2D eigenvalue weighted by Crippen LogP contribution is -2.07. The molecule has 0 aliphatic rings. The average Bonchev–Trinajstić information content (AvgIpc) is 2.91. The molecule has 5 nitrogen and oxygen atoms in total. The van der Waals surface area contributed by atoms with Gasteiger partial charge in [-0.05, 0) is 6.92 Å². The molecule has 0 saturated carbocycles. The zero-order valence-electron chi connectivity index (χ0n) is 9.17. The highest BCUT2D eigenvalue weighted by Gasteiger charge is 2.08. The molecule has 2 aromatic rings. The summed E-state index contributed by atoms with van der Waals surface area (Å²) in [6.07, 6.45) is 1.93. The zero-order valence-corrected chi connectivity index (χ0v) is 10.8. The van der Waals surface area contributed by atoms with Gasteiger partial charge >= 0.3 is 5.97 Å². The molecule has 0 saturated heterocycles. The summed E-state index contributed by atoms with van der Waals surface area (Å²) in [5, 5.41) is 8.33. The minimum absolute atomic E-state index is 0.212. The smallest absolute Gasteiger partial charge is 0.311 e. The molecule has 1 N–H and O–H groups in total. The van der Waals surface area contributed by atoms with E-state index >= 15 is 0 Å². The number of hydrogen-bond acceptors (Lipinski definition) is 7. The first kappa shape index (κ1) is 12.0. The van der Waals surface area contributed by atoms with E-state index in [9.17, 15) is 4.79 Å². The highest BCUT2D eigenvalue weighted by molar-refractivity contribution is 7.15. The number of esters is 1. The predicted octanol–water partition coefficient (Wildman–Crippen LogP) is 2.45. The maximum Gasteiger partial charge on any atom is 0.311 e. The Labute approximate surface area is 106 Å². The molecule has 0 aliphatic heterocycles. The van der Waals surface area contributed by atoms with Crippen LogP contribution in [-0.4, -0.2) is 22.5 Å². The van der Waals surface area contributed by atoms with Crippen LogP contribution in [0.2, 0.25) is 0 Å². The second kappa shape index (κ2) is 5.74. The van der Waals surface area contributed by atoms with Crippen molar-refractivity contribution in [1.82, 2.24) is 9.97 Å². The first-order valence-electron chi connectivity index (χ1n) is 5.04. The second-order valence-electron chi connectivity index (χ2n) is 3.09. The van der Waals surface area contributed by atoms with Crippen LogP contribution in [0.1, 0.15) is 12.6 Å². The molecule has 2 aromatic heterocycles. The van der Waals surface area contributed by atoms with Crippen molar-refractivity contribution >= 4 is 38.9 Å². The van der Waals surface area contributed by atoms with E-state index in [1.807, 2.05) is 10.8 Å². The number of rotatable bonds is 5. The monoisotopic (exact) mass is 269 g/mol. The molecule has 0 spiro atoms. The van der Waals surface area contributed by atoms with Crippen LogP contribution < -0.4 is 5.32 Å². The molecule has 0 atom stereocenters. The van der Waals surface area contributed by atoms with E-state index in [4.69, 9.17) is 4.74 Å². The molecule has 0 unspecified atom stereocenters. The first-order chi connectivity index (χ1) is 8.28. The minimum atomic E-state index is -0.251. The van der Waals surface area contributed by atoms with Crippen molar-refractivity contribution in [1.29, 1.82) is 0 Å². The van der Waals surface area contributed by atoms with Gasteiger partial charge in [-0.3, -0.25) is 4.79 Å². The summed E-state index contributed by atoms with van der Waals surface area (Å²) in [4.78, 5) is 19.6. The second-order valence-corrected chi connectivity index (χ2v) is 4.84. The molecular weight excluding hydrogens is 258 g/mol. The molecule has 90 valence electrons. The fourth-order valence-electron chi connectivity index (χ4n) is 1.18. The van der Waals surface area contributed by atoms with Gasteiger partial charge in [-0.15, -0.1) is 22.7 Å². The van der Waals surface area contributed by atoms with Crippen LogP contribution in [0.4, 0.5) is 10.3 Å². The topological polar surface area (TPSA) is 64.1 Å². The van der Waals surface area contributed by atoms with Crippen LogP contribution >= 0.6 is 22.7 Å². The summed E-state index contributed by atoms with van der Waals surface area (Å²) < 4.78 is 4.86. The third kappa shape index (κ3) is 3.50. The van der Waals surface area contributed by atoms with Crippen LogP contribution in [0, 0.1) is 0 Å². The maximum atomic E-state index is 11.3. The van der Waals surface area contributed by atoms with Gasteiger partial charge in [-0.1, -0.05) is 0 Å². The van der Waals surface area contributed by atoms with Crippen molar-refractivity contribution in [3.8, 4) is 0 Å². The Balaban J connectivity index is 1.94. The quantitative estimate of drug-likeness (QED) is 0.845. The largest absolute Gasteiger partial charge is 0.466 e. The van der Waals surface area contributed by atoms with E-state index in [1.54, 1.807) is 13.1 Å². The lowest BCUT2D eigenvalue weighted by molar-refractivity contribution is -0.142. The van der Waals surface area contributed by atoms with Crippen molar-refractivity contribution in [2.24, 2.45) is 0 Å². The average molecular weight is 269 g/mol. The highest BCUT2D eigenvalue weighted by Crippen LogP contribution is 2.22. The number of thiazole rings is 2. The zero-order chi connectivity index (χ0) is 12.1. The molecule has 0 radical (unpaired) electrons. The molecule has 2 heterocycles.